The fraction of sp³-hybridized carbons (Fsp3) is 0.267. The lowest BCUT2D eigenvalue weighted by Gasteiger charge is -2.16. The molecule has 156 valence electrons. The van der Waals surface area contributed by atoms with Crippen LogP contribution in [0.25, 0.3) is 5.69 Å². The SMILES string of the molecule is CC(C#N)S(=O)(=O)Nc1cc(-n2c(=O)cc(C(F)(F)F)n(C)c2=O)c(F)cc1Cl. The summed E-state index contributed by atoms with van der Waals surface area (Å²) in [5.74, 6) is -1.27. The molecule has 0 aliphatic heterocycles. The van der Waals surface area contributed by atoms with E-state index in [2.05, 4.69) is 0 Å². The molecule has 14 heteroatoms. The van der Waals surface area contributed by atoms with Crippen molar-refractivity contribution in [1.82, 2.24) is 9.13 Å². The Morgan fingerprint density at radius 3 is 2.34 bits per heavy atom. The Bertz CT molecular complexity index is 1250. The normalized spacial score (nSPS) is 13.0. The van der Waals surface area contributed by atoms with Gasteiger partial charge in [0.1, 0.15) is 11.5 Å². The fourth-order valence-electron chi connectivity index (χ4n) is 2.22. The van der Waals surface area contributed by atoms with Crippen LogP contribution in [0.5, 0.6) is 0 Å². The highest BCUT2D eigenvalue weighted by atomic mass is 35.5. The summed E-state index contributed by atoms with van der Waals surface area (Å²) in [5.41, 5.74) is -5.90. The molecule has 1 aromatic heterocycles. The molecule has 1 heterocycles. The maximum atomic E-state index is 14.4. The van der Waals surface area contributed by atoms with Crippen LogP contribution < -0.4 is 16.0 Å². The van der Waals surface area contributed by atoms with Gasteiger partial charge >= 0.3 is 11.9 Å². The topological polar surface area (TPSA) is 114 Å². The fourth-order valence-corrected chi connectivity index (χ4v) is 3.26. The second kappa shape index (κ2) is 7.53. The van der Waals surface area contributed by atoms with Gasteiger partial charge in [-0.05, 0) is 19.1 Å². The molecule has 0 aliphatic carbocycles. The highest BCUT2D eigenvalue weighted by Gasteiger charge is 2.35. The molecule has 1 atom stereocenters. The molecular formula is C15H11ClF4N4O4S. The Kier molecular flexibility index (Phi) is 5.82. The molecule has 0 saturated heterocycles. The van der Waals surface area contributed by atoms with E-state index in [1.54, 1.807) is 0 Å². The number of halogens is 5. The van der Waals surface area contributed by atoms with Crippen LogP contribution in [0.3, 0.4) is 0 Å². The van der Waals surface area contributed by atoms with Gasteiger partial charge in [-0.2, -0.15) is 18.4 Å². The van der Waals surface area contributed by atoms with Crippen LogP contribution in [-0.2, 0) is 23.2 Å². The average molecular weight is 455 g/mol. The van der Waals surface area contributed by atoms with Crippen LogP contribution in [0.1, 0.15) is 12.6 Å². The molecule has 0 spiro atoms. The van der Waals surface area contributed by atoms with E-state index in [1.165, 1.54) is 6.07 Å². The summed E-state index contributed by atoms with van der Waals surface area (Å²) in [4.78, 5) is 24.4. The molecule has 0 aliphatic rings. The molecule has 2 rings (SSSR count). The minimum atomic E-state index is -5.01. The van der Waals surface area contributed by atoms with Gasteiger partial charge in [0.05, 0.1) is 22.5 Å². The van der Waals surface area contributed by atoms with Gasteiger partial charge in [-0.15, -0.1) is 0 Å². The lowest BCUT2D eigenvalue weighted by molar-refractivity contribution is -0.144. The van der Waals surface area contributed by atoms with Gasteiger partial charge in [0.25, 0.3) is 5.56 Å². The summed E-state index contributed by atoms with van der Waals surface area (Å²) in [7, 11) is -3.56. The lowest BCUT2D eigenvalue weighted by Crippen LogP contribution is -2.41. The smallest absolute Gasteiger partial charge is 0.292 e. The van der Waals surface area contributed by atoms with Gasteiger partial charge in [-0.25, -0.2) is 22.2 Å². The highest BCUT2D eigenvalue weighted by molar-refractivity contribution is 7.93. The number of benzene rings is 1. The second-order valence-electron chi connectivity index (χ2n) is 5.74. The van der Waals surface area contributed by atoms with Crippen LogP contribution in [0.15, 0.2) is 27.8 Å². The summed E-state index contributed by atoms with van der Waals surface area (Å²) in [5, 5.41) is 6.74. The van der Waals surface area contributed by atoms with Crippen molar-refractivity contribution in [1.29, 1.82) is 5.26 Å². The van der Waals surface area contributed by atoms with Crippen molar-refractivity contribution in [2.75, 3.05) is 4.72 Å². The number of nitrogens with one attached hydrogen (secondary N) is 1. The first-order valence-electron chi connectivity index (χ1n) is 7.51. The Morgan fingerprint density at radius 1 is 1.24 bits per heavy atom. The first-order chi connectivity index (χ1) is 13.2. The van der Waals surface area contributed by atoms with E-state index >= 15 is 0 Å². The van der Waals surface area contributed by atoms with Gasteiger partial charge in [0, 0.05) is 13.1 Å². The van der Waals surface area contributed by atoms with E-state index in [1.807, 2.05) is 4.72 Å². The molecule has 1 unspecified atom stereocenters. The zero-order valence-electron chi connectivity index (χ0n) is 14.6. The largest absolute Gasteiger partial charge is 0.431 e. The van der Waals surface area contributed by atoms with Crippen LogP contribution in [0.2, 0.25) is 5.02 Å². The van der Waals surface area contributed by atoms with E-state index in [0.29, 0.717) is 12.1 Å². The van der Waals surface area contributed by atoms with Crippen molar-refractivity contribution in [3.63, 3.8) is 0 Å². The van der Waals surface area contributed by atoms with Gasteiger partial charge in [0.2, 0.25) is 10.0 Å². The molecule has 0 amide bonds. The maximum Gasteiger partial charge on any atom is 0.431 e. The average Bonchev–Trinajstić information content (AvgIpc) is 2.59. The standard InChI is InChI=1S/C15H11ClF4N4O4S/c1-7(6-21)29(27,28)22-10-4-11(9(17)3-8(10)16)24-13(25)5-12(15(18,19)20)23(2)14(24)26/h3-5,7,22H,1-2H3. The van der Waals surface area contributed by atoms with Gasteiger partial charge in [0.15, 0.2) is 5.25 Å². The lowest BCUT2D eigenvalue weighted by atomic mass is 10.2. The molecule has 0 radical (unpaired) electrons. The number of aromatic nitrogens is 2. The minimum absolute atomic E-state index is 0.0897. The highest BCUT2D eigenvalue weighted by Crippen LogP contribution is 2.29. The quantitative estimate of drug-likeness (QED) is 0.710. The molecule has 1 aromatic carbocycles. The van der Waals surface area contributed by atoms with Crippen LogP contribution in [0.4, 0.5) is 23.2 Å². The van der Waals surface area contributed by atoms with E-state index in [9.17, 15) is 35.6 Å². The zero-order valence-corrected chi connectivity index (χ0v) is 16.2. The Morgan fingerprint density at radius 2 is 1.83 bits per heavy atom. The van der Waals surface area contributed by atoms with Crippen LogP contribution in [0, 0.1) is 17.1 Å². The Hall–Kier alpha value is -2.85. The van der Waals surface area contributed by atoms with Gasteiger partial charge in [-0.1, -0.05) is 11.6 Å². The summed E-state index contributed by atoms with van der Waals surface area (Å²) in [6.45, 7) is 1.05. The maximum absolute atomic E-state index is 14.4. The predicted molar refractivity (Wildman–Crippen MR) is 94.9 cm³/mol. The number of alkyl halides is 3. The van der Waals surface area contributed by atoms with Gasteiger partial charge in [-0.3, -0.25) is 14.1 Å². The molecule has 1 N–H and O–H groups in total. The summed E-state index contributed by atoms with van der Waals surface area (Å²) < 4.78 is 79.3. The van der Waals surface area contributed by atoms with Crippen LogP contribution >= 0.6 is 11.6 Å². The van der Waals surface area contributed by atoms with E-state index in [0.717, 1.165) is 14.0 Å². The number of rotatable bonds is 4. The number of hydrogen-bond donors (Lipinski definition) is 1. The number of nitrogens with zero attached hydrogens (tertiary/aromatic N) is 3. The van der Waals surface area contributed by atoms with Crippen molar-refractivity contribution in [3.8, 4) is 11.8 Å². The third kappa shape index (κ3) is 4.28. The first kappa shape index (κ1) is 22.4. The second-order valence-corrected chi connectivity index (χ2v) is 8.15. The van der Waals surface area contributed by atoms with Crippen molar-refractivity contribution in [2.24, 2.45) is 7.05 Å². The van der Waals surface area contributed by atoms with Crippen molar-refractivity contribution < 1.29 is 26.0 Å². The number of nitriles is 1. The number of sulfonamides is 1. The van der Waals surface area contributed by atoms with E-state index in [4.69, 9.17) is 16.9 Å². The molecule has 29 heavy (non-hydrogen) atoms. The predicted octanol–water partition coefficient (Wildman–Crippen LogP) is 2.00. The van der Waals surface area contributed by atoms with Crippen LogP contribution in [-0.4, -0.2) is 22.8 Å². The summed E-state index contributed by atoms with van der Waals surface area (Å²) in [6, 6.07) is 2.79. The van der Waals surface area contributed by atoms with Gasteiger partial charge < -0.3 is 0 Å². The Balaban J connectivity index is 2.76. The summed E-state index contributed by atoms with van der Waals surface area (Å²) >= 11 is 5.77. The van der Waals surface area contributed by atoms with E-state index < -0.39 is 60.6 Å². The Labute approximate surface area is 165 Å². The van der Waals surface area contributed by atoms with Crippen molar-refractivity contribution in [3.05, 3.63) is 55.6 Å². The van der Waals surface area contributed by atoms with Crippen molar-refractivity contribution >= 4 is 27.3 Å². The monoisotopic (exact) mass is 454 g/mol. The third-order valence-corrected chi connectivity index (χ3v) is 5.64. The molecular weight excluding hydrogens is 444 g/mol. The first-order valence-corrected chi connectivity index (χ1v) is 9.44. The minimum Gasteiger partial charge on any atom is -0.292 e. The van der Waals surface area contributed by atoms with E-state index in [-0.39, 0.29) is 15.2 Å². The molecule has 2 aromatic rings. The number of hydrogen-bond acceptors (Lipinski definition) is 5. The molecule has 0 saturated carbocycles. The molecule has 8 nitrogen and oxygen atoms in total. The molecule has 0 fully saturated rings. The van der Waals surface area contributed by atoms with Crippen molar-refractivity contribution in [2.45, 2.75) is 18.3 Å². The summed E-state index contributed by atoms with van der Waals surface area (Å²) in [6.07, 6.45) is -5.01. The molecule has 0 bridgehead atoms. The number of anilines is 1. The zero-order chi connectivity index (χ0) is 22.3. The third-order valence-electron chi connectivity index (χ3n) is 3.79.